The lowest BCUT2D eigenvalue weighted by atomic mass is 9.83. The number of esters is 1. The van der Waals surface area contributed by atoms with Crippen LogP contribution in [0, 0.1) is 18.3 Å². The maximum Gasteiger partial charge on any atom is 0.349 e. The molecule has 0 aliphatic carbocycles. The molecule has 3 aromatic rings. The Balaban J connectivity index is 1.54. The van der Waals surface area contributed by atoms with Crippen molar-refractivity contribution in [2.75, 3.05) is 13.2 Å². The quantitative estimate of drug-likeness (QED) is 0.409. The second-order valence-corrected chi connectivity index (χ2v) is 7.65. The van der Waals surface area contributed by atoms with E-state index in [-0.39, 0.29) is 18.2 Å². The van der Waals surface area contributed by atoms with Gasteiger partial charge in [0.05, 0.1) is 12.5 Å². The van der Waals surface area contributed by atoms with E-state index in [2.05, 4.69) is 6.07 Å². The first-order chi connectivity index (χ1) is 16.5. The Morgan fingerprint density at radius 3 is 2.50 bits per heavy atom. The van der Waals surface area contributed by atoms with Gasteiger partial charge in [-0.05, 0) is 49.2 Å². The Morgan fingerprint density at radius 1 is 1.06 bits per heavy atom. The summed E-state index contributed by atoms with van der Waals surface area (Å²) in [6, 6.07) is 22.1. The zero-order valence-corrected chi connectivity index (χ0v) is 18.9. The summed E-state index contributed by atoms with van der Waals surface area (Å²) in [5.74, 6) is 1.11. The van der Waals surface area contributed by atoms with Gasteiger partial charge in [-0.1, -0.05) is 36.4 Å². The van der Waals surface area contributed by atoms with Crippen LogP contribution in [0.1, 0.15) is 29.5 Å². The lowest BCUT2D eigenvalue weighted by molar-refractivity contribution is -0.136. The van der Waals surface area contributed by atoms with E-state index >= 15 is 0 Å². The molecule has 4 rings (SSSR count). The van der Waals surface area contributed by atoms with E-state index in [9.17, 15) is 10.1 Å². The Bertz CT molecular complexity index is 1270. The molecular weight excluding hydrogens is 432 g/mol. The van der Waals surface area contributed by atoms with Crippen molar-refractivity contribution in [1.29, 1.82) is 5.26 Å². The highest BCUT2D eigenvalue weighted by molar-refractivity contribution is 5.74. The zero-order valence-electron chi connectivity index (χ0n) is 18.9. The highest BCUT2D eigenvalue weighted by atomic mass is 16.6. The van der Waals surface area contributed by atoms with Crippen molar-refractivity contribution >= 4 is 5.97 Å². The third-order valence-corrected chi connectivity index (χ3v) is 5.39. The lowest BCUT2D eigenvalue weighted by Gasteiger charge is -2.26. The first-order valence-corrected chi connectivity index (χ1v) is 10.8. The van der Waals surface area contributed by atoms with Gasteiger partial charge in [0.1, 0.15) is 34.6 Å². The van der Waals surface area contributed by atoms with Crippen LogP contribution in [0.15, 0.2) is 78.2 Å². The van der Waals surface area contributed by atoms with Crippen LogP contribution in [0.3, 0.4) is 0 Å². The van der Waals surface area contributed by atoms with Gasteiger partial charge >= 0.3 is 5.97 Å². The molecule has 1 aliphatic heterocycles. The molecule has 34 heavy (non-hydrogen) atoms. The van der Waals surface area contributed by atoms with Gasteiger partial charge in [0.25, 0.3) is 0 Å². The minimum atomic E-state index is -0.552. The van der Waals surface area contributed by atoms with E-state index in [1.807, 2.05) is 56.3 Å². The molecule has 2 N–H and O–H groups in total. The first-order valence-electron chi connectivity index (χ1n) is 10.8. The summed E-state index contributed by atoms with van der Waals surface area (Å²) in [6.45, 7) is 4.14. The Labute approximate surface area is 197 Å². The van der Waals surface area contributed by atoms with Gasteiger partial charge in [-0.25, -0.2) is 4.79 Å². The molecule has 1 aliphatic rings. The molecule has 0 spiro atoms. The Kier molecular flexibility index (Phi) is 6.69. The van der Waals surface area contributed by atoms with Crippen LogP contribution in [0.4, 0.5) is 0 Å². The van der Waals surface area contributed by atoms with Crippen molar-refractivity contribution in [3.8, 4) is 29.1 Å². The molecule has 0 amide bonds. The number of nitriles is 1. The van der Waals surface area contributed by atoms with Crippen LogP contribution >= 0.6 is 0 Å². The molecule has 1 heterocycles. The van der Waals surface area contributed by atoms with Crippen LogP contribution in [0.25, 0.3) is 0 Å². The SMILES string of the molecule is CCOc1ccc(C2C(C#N)=C(N)Oc3cc(OC(=O)COc4ccccc4C)ccc32)cc1. The van der Waals surface area contributed by atoms with Crippen molar-refractivity contribution in [3.05, 3.63) is 94.9 Å². The summed E-state index contributed by atoms with van der Waals surface area (Å²) < 4.78 is 22.2. The summed E-state index contributed by atoms with van der Waals surface area (Å²) in [6.07, 6.45) is 0. The predicted octanol–water partition coefficient (Wildman–Crippen LogP) is 4.60. The molecule has 0 saturated carbocycles. The number of allylic oxidation sites excluding steroid dienone is 1. The van der Waals surface area contributed by atoms with E-state index in [1.165, 1.54) is 0 Å². The summed E-state index contributed by atoms with van der Waals surface area (Å²) in [5, 5.41) is 9.73. The second-order valence-electron chi connectivity index (χ2n) is 7.65. The van der Waals surface area contributed by atoms with Gasteiger partial charge in [-0.2, -0.15) is 5.26 Å². The fourth-order valence-corrected chi connectivity index (χ4v) is 3.78. The van der Waals surface area contributed by atoms with Gasteiger partial charge in [0.2, 0.25) is 5.88 Å². The van der Waals surface area contributed by atoms with Crippen LogP contribution in [0.5, 0.6) is 23.0 Å². The first kappa shape index (κ1) is 22.7. The van der Waals surface area contributed by atoms with Crippen molar-refractivity contribution in [2.45, 2.75) is 19.8 Å². The molecule has 1 atom stereocenters. The number of fused-ring (bicyclic) bond motifs is 1. The molecular formula is C27H24N2O5. The molecule has 7 heteroatoms. The van der Waals surface area contributed by atoms with Crippen molar-refractivity contribution in [1.82, 2.24) is 0 Å². The molecule has 0 saturated heterocycles. The van der Waals surface area contributed by atoms with Crippen LogP contribution in [0.2, 0.25) is 0 Å². The fourth-order valence-electron chi connectivity index (χ4n) is 3.78. The van der Waals surface area contributed by atoms with E-state index < -0.39 is 11.9 Å². The molecule has 172 valence electrons. The summed E-state index contributed by atoms with van der Waals surface area (Å²) in [4.78, 5) is 12.3. The molecule has 0 bridgehead atoms. The molecule has 1 unspecified atom stereocenters. The minimum absolute atomic E-state index is 0.0141. The van der Waals surface area contributed by atoms with Gasteiger partial charge < -0.3 is 24.7 Å². The highest BCUT2D eigenvalue weighted by Crippen LogP contribution is 2.43. The average molecular weight is 456 g/mol. The van der Waals surface area contributed by atoms with Crippen LogP contribution in [-0.2, 0) is 4.79 Å². The zero-order chi connectivity index (χ0) is 24.1. The fraction of sp³-hybridized carbons (Fsp3) is 0.185. The molecule has 7 nitrogen and oxygen atoms in total. The molecule has 0 aromatic heterocycles. The van der Waals surface area contributed by atoms with E-state index in [1.54, 1.807) is 24.3 Å². The second kappa shape index (κ2) is 10.0. The summed E-state index contributed by atoms with van der Waals surface area (Å²) >= 11 is 0. The number of ether oxygens (including phenoxy) is 4. The van der Waals surface area contributed by atoms with Gasteiger partial charge in [0, 0.05) is 11.6 Å². The maximum absolute atomic E-state index is 12.3. The average Bonchev–Trinajstić information content (AvgIpc) is 2.83. The van der Waals surface area contributed by atoms with Gasteiger partial charge in [-0.3, -0.25) is 0 Å². The van der Waals surface area contributed by atoms with Crippen molar-refractivity contribution < 1.29 is 23.7 Å². The van der Waals surface area contributed by atoms with Gasteiger partial charge in [-0.15, -0.1) is 0 Å². The molecule has 3 aromatic carbocycles. The monoisotopic (exact) mass is 456 g/mol. The van der Waals surface area contributed by atoms with Gasteiger partial charge in [0.15, 0.2) is 6.61 Å². The number of hydrogen-bond donors (Lipinski definition) is 1. The van der Waals surface area contributed by atoms with E-state index in [4.69, 9.17) is 24.7 Å². The number of carbonyl (C=O) groups excluding carboxylic acids is 1. The minimum Gasteiger partial charge on any atom is -0.494 e. The number of rotatable bonds is 7. The number of aryl methyl sites for hydroxylation is 1. The number of hydrogen-bond acceptors (Lipinski definition) is 7. The third kappa shape index (κ3) is 4.81. The van der Waals surface area contributed by atoms with Crippen molar-refractivity contribution in [2.24, 2.45) is 5.73 Å². The Hall–Kier alpha value is -4.44. The number of nitrogens with zero attached hydrogens (tertiary/aromatic N) is 1. The number of para-hydroxylation sites is 1. The van der Waals surface area contributed by atoms with Crippen molar-refractivity contribution in [3.63, 3.8) is 0 Å². The summed E-state index contributed by atoms with van der Waals surface area (Å²) in [7, 11) is 0. The summed E-state index contributed by atoms with van der Waals surface area (Å²) in [5.41, 5.74) is 8.91. The molecule has 0 fully saturated rings. The lowest BCUT2D eigenvalue weighted by Crippen LogP contribution is -2.21. The maximum atomic E-state index is 12.3. The smallest absolute Gasteiger partial charge is 0.349 e. The largest absolute Gasteiger partial charge is 0.494 e. The predicted molar refractivity (Wildman–Crippen MR) is 126 cm³/mol. The van der Waals surface area contributed by atoms with Crippen LogP contribution in [-0.4, -0.2) is 19.2 Å². The topological polar surface area (TPSA) is 104 Å². The van der Waals surface area contributed by atoms with E-state index in [0.29, 0.717) is 23.7 Å². The number of nitrogens with two attached hydrogens (primary N) is 1. The van der Waals surface area contributed by atoms with E-state index in [0.717, 1.165) is 22.4 Å². The normalized spacial score (nSPS) is 14.4. The third-order valence-electron chi connectivity index (χ3n) is 5.39. The standard InChI is InChI=1S/C27H24N2O5/c1-3-31-19-10-8-18(9-11-19)26-21-13-12-20(14-24(21)34-27(29)22(26)15-28)33-25(30)16-32-23-7-5-4-6-17(23)2/h4-14,26H,3,16,29H2,1-2H3. The highest BCUT2D eigenvalue weighted by Gasteiger charge is 2.31. The number of carbonyl (C=O) groups is 1. The number of benzene rings is 3. The molecule has 0 radical (unpaired) electrons. The Morgan fingerprint density at radius 2 is 1.79 bits per heavy atom. The van der Waals surface area contributed by atoms with Crippen LogP contribution < -0.4 is 24.7 Å².